The Morgan fingerprint density at radius 3 is 3.03 bits per heavy atom. The fourth-order valence-corrected chi connectivity index (χ4v) is 5.68. The third-order valence-corrected chi connectivity index (χ3v) is 7.35. The molecule has 1 saturated heterocycles. The van der Waals surface area contributed by atoms with Crippen molar-refractivity contribution in [2.45, 2.75) is 38.3 Å². The van der Waals surface area contributed by atoms with E-state index < -0.39 is 0 Å². The van der Waals surface area contributed by atoms with Crippen LogP contribution in [0.2, 0.25) is 5.15 Å². The maximum atomic E-state index is 12.6. The van der Waals surface area contributed by atoms with E-state index in [9.17, 15) is 4.79 Å². The molecule has 2 aliphatic heterocycles. The van der Waals surface area contributed by atoms with E-state index in [1.165, 1.54) is 18.4 Å². The predicted octanol–water partition coefficient (Wildman–Crippen LogP) is 3.85. The Labute approximate surface area is 212 Å². The van der Waals surface area contributed by atoms with E-state index in [4.69, 9.17) is 26.1 Å². The van der Waals surface area contributed by atoms with Gasteiger partial charge in [0.25, 0.3) is 11.8 Å². The van der Waals surface area contributed by atoms with Gasteiger partial charge < -0.3 is 25.0 Å². The first-order valence-electron chi connectivity index (χ1n) is 11.4. The van der Waals surface area contributed by atoms with Crippen molar-refractivity contribution in [2.75, 3.05) is 37.1 Å². The number of carbonyl (C=O) groups excluding carboxylic acids is 1. The first-order valence-corrected chi connectivity index (χ1v) is 12.6. The first-order chi connectivity index (χ1) is 16.8. The number of fused-ring (bicyclic) bond motifs is 1. The summed E-state index contributed by atoms with van der Waals surface area (Å²) in [5, 5.41) is 15.3. The number of amides is 1. The Balaban J connectivity index is 1.36. The number of aromatic nitrogens is 3. The van der Waals surface area contributed by atoms with Crippen LogP contribution in [0.3, 0.4) is 0 Å². The third kappa shape index (κ3) is 5.19. The lowest BCUT2D eigenvalue weighted by molar-refractivity contribution is 0.0900. The molecule has 2 aromatic heterocycles. The number of hydrogen-bond donors (Lipinski definition) is 2. The molecule has 0 bridgehead atoms. The lowest BCUT2D eigenvalue weighted by Crippen LogP contribution is -2.48. The number of nitrogens with one attached hydrogen (secondary N) is 2. The number of morpholine rings is 1. The highest BCUT2D eigenvalue weighted by Gasteiger charge is 2.35. The Kier molecular flexibility index (Phi) is 6.52. The lowest BCUT2D eigenvalue weighted by atomic mass is 9.94. The number of nitrogens with zero attached hydrogens (tertiary/aromatic N) is 4. The molecule has 1 fully saturated rings. The highest BCUT2D eigenvalue weighted by Crippen LogP contribution is 2.34. The van der Waals surface area contributed by atoms with E-state index in [-0.39, 0.29) is 22.6 Å². The number of anilines is 3. The van der Waals surface area contributed by atoms with Gasteiger partial charge in [0.1, 0.15) is 10.6 Å². The van der Waals surface area contributed by atoms with E-state index in [2.05, 4.69) is 37.9 Å². The number of hydrogen-bond acceptors (Lipinski definition) is 9. The molecule has 184 valence electrons. The minimum atomic E-state index is -0.287. The average molecular weight is 515 g/mol. The van der Waals surface area contributed by atoms with Gasteiger partial charge in [0.05, 0.1) is 32.1 Å². The Morgan fingerprint density at radius 1 is 1.34 bits per heavy atom. The van der Waals surface area contributed by atoms with Crippen LogP contribution in [0, 0.1) is 0 Å². The van der Waals surface area contributed by atoms with Gasteiger partial charge in [-0.15, -0.1) is 10.2 Å². The minimum Gasteiger partial charge on any atom is -0.478 e. The van der Waals surface area contributed by atoms with Gasteiger partial charge in [0.15, 0.2) is 10.3 Å². The summed E-state index contributed by atoms with van der Waals surface area (Å²) < 4.78 is 11.1. The van der Waals surface area contributed by atoms with Crippen molar-refractivity contribution in [1.29, 1.82) is 0 Å². The van der Waals surface area contributed by atoms with Gasteiger partial charge >= 0.3 is 0 Å². The number of benzene rings is 1. The molecular formula is C24H27ClN6O3S. The highest BCUT2D eigenvalue weighted by molar-refractivity contribution is 7.17. The van der Waals surface area contributed by atoms with E-state index in [0.717, 1.165) is 41.5 Å². The molecule has 35 heavy (non-hydrogen) atoms. The molecule has 3 aromatic rings. The second-order valence-electron chi connectivity index (χ2n) is 9.33. The molecule has 1 aromatic carbocycles. The van der Waals surface area contributed by atoms with Gasteiger partial charge in [-0.2, -0.15) is 0 Å². The van der Waals surface area contributed by atoms with Gasteiger partial charge in [0.2, 0.25) is 0 Å². The van der Waals surface area contributed by atoms with Crippen LogP contribution in [0.15, 0.2) is 30.3 Å². The van der Waals surface area contributed by atoms with Crippen molar-refractivity contribution >= 4 is 45.4 Å². The monoisotopic (exact) mass is 514 g/mol. The maximum absolute atomic E-state index is 12.6. The summed E-state index contributed by atoms with van der Waals surface area (Å²) in [5.41, 5.74) is 3.26. The van der Waals surface area contributed by atoms with Crippen LogP contribution < -0.4 is 20.3 Å². The highest BCUT2D eigenvalue weighted by atomic mass is 35.5. The summed E-state index contributed by atoms with van der Waals surface area (Å²) in [4.78, 5) is 20.5. The molecule has 1 unspecified atom stereocenters. The van der Waals surface area contributed by atoms with Crippen LogP contribution in [0.4, 0.5) is 16.5 Å². The van der Waals surface area contributed by atoms with Crippen molar-refractivity contribution in [3.05, 3.63) is 51.6 Å². The molecule has 0 spiro atoms. The van der Waals surface area contributed by atoms with E-state index in [1.54, 1.807) is 6.07 Å². The summed E-state index contributed by atoms with van der Waals surface area (Å²) in [6.45, 7) is 6.01. The Morgan fingerprint density at radius 2 is 2.20 bits per heavy atom. The normalized spacial score (nSPS) is 19.1. The number of methoxy groups -OCH3 is 1. The molecule has 1 atom stereocenters. The third-order valence-electron chi connectivity index (χ3n) is 6.03. The van der Waals surface area contributed by atoms with Crippen molar-refractivity contribution in [2.24, 2.45) is 0 Å². The zero-order valence-corrected chi connectivity index (χ0v) is 21.4. The molecular weight excluding hydrogens is 488 g/mol. The minimum absolute atomic E-state index is 0.0373. The van der Waals surface area contributed by atoms with Gasteiger partial charge in [-0.25, -0.2) is 4.98 Å². The smallest absolute Gasteiger partial charge is 0.263 e. The summed E-state index contributed by atoms with van der Waals surface area (Å²) in [5.74, 6) is 0.330. The van der Waals surface area contributed by atoms with Gasteiger partial charge in [-0.3, -0.25) is 4.79 Å². The average Bonchev–Trinajstić information content (AvgIpc) is 3.23. The Hall–Kier alpha value is -2.95. The maximum Gasteiger partial charge on any atom is 0.263 e. The quantitative estimate of drug-likeness (QED) is 0.511. The molecule has 9 nitrogen and oxygen atoms in total. The van der Waals surface area contributed by atoms with Crippen LogP contribution in [0.5, 0.6) is 5.88 Å². The molecule has 0 aliphatic carbocycles. The molecule has 11 heteroatoms. The summed E-state index contributed by atoms with van der Waals surface area (Å²) in [6.07, 6.45) is 1.49. The lowest BCUT2D eigenvalue weighted by Gasteiger charge is -2.35. The van der Waals surface area contributed by atoms with Crippen LogP contribution >= 0.6 is 22.9 Å². The number of thiazole rings is 1. The number of carbonyl (C=O) groups is 1. The first kappa shape index (κ1) is 23.8. The fourth-order valence-electron chi connectivity index (χ4n) is 4.46. The summed E-state index contributed by atoms with van der Waals surface area (Å²) in [6, 6.07) is 9.94. The molecule has 4 heterocycles. The van der Waals surface area contributed by atoms with Crippen molar-refractivity contribution in [3.8, 4) is 5.88 Å². The number of halogens is 1. The zero-order valence-electron chi connectivity index (χ0n) is 19.8. The zero-order chi connectivity index (χ0) is 24.6. The van der Waals surface area contributed by atoms with Crippen LogP contribution in [0.1, 0.15) is 34.8 Å². The topological polar surface area (TPSA) is 102 Å². The molecule has 5 rings (SSSR count). The molecule has 0 radical (unpaired) electrons. The second-order valence-corrected chi connectivity index (χ2v) is 10.7. The fraction of sp³-hybridized carbons (Fsp3) is 0.417. The van der Waals surface area contributed by atoms with E-state index >= 15 is 0 Å². The standard InChI is InChI=1S/C24H27ClN6O3S/c1-24(2)12-18-20(21(32)28-24)35-23(27-18)31-7-8-34-13-16(31)10-14-5-4-6-15(9-14)26-17-11-19(25)29-30-22(17)33-3/h4-6,9,11,16H,7-8,10,12-13H2,1-3H3,(H,26,29)(H,28,32). The second kappa shape index (κ2) is 9.60. The van der Waals surface area contributed by atoms with Crippen LogP contribution in [-0.4, -0.2) is 59.5 Å². The predicted molar refractivity (Wildman–Crippen MR) is 136 cm³/mol. The number of rotatable bonds is 6. The molecule has 1 amide bonds. The number of ether oxygens (including phenoxy) is 2. The SMILES string of the molecule is COc1nnc(Cl)cc1Nc1cccc(CC2COCCN2c2nc3c(s2)C(=O)NC(C)(C)C3)c1. The van der Waals surface area contributed by atoms with Crippen LogP contribution in [0.25, 0.3) is 0 Å². The summed E-state index contributed by atoms with van der Waals surface area (Å²) in [7, 11) is 1.54. The van der Waals surface area contributed by atoms with Gasteiger partial charge in [-0.05, 0) is 38.0 Å². The Bertz CT molecular complexity index is 1250. The van der Waals surface area contributed by atoms with Gasteiger partial charge in [-0.1, -0.05) is 35.1 Å². The summed E-state index contributed by atoms with van der Waals surface area (Å²) >= 11 is 7.49. The van der Waals surface area contributed by atoms with Crippen molar-refractivity contribution < 1.29 is 14.3 Å². The van der Waals surface area contributed by atoms with Gasteiger partial charge in [0, 0.05) is 30.3 Å². The van der Waals surface area contributed by atoms with Crippen molar-refractivity contribution in [1.82, 2.24) is 20.5 Å². The van der Waals surface area contributed by atoms with E-state index in [0.29, 0.717) is 29.7 Å². The molecule has 2 N–H and O–H groups in total. The van der Waals surface area contributed by atoms with Crippen molar-refractivity contribution in [3.63, 3.8) is 0 Å². The van der Waals surface area contributed by atoms with Crippen LogP contribution in [-0.2, 0) is 17.6 Å². The molecule has 0 saturated carbocycles. The van der Waals surface area contributed by atoms with E-state index in [1.807, 2.05) is 26.0 Å². The largest absolute Gasteiger partial charge is 0.478 e. The molecule has 2 aliphatic rings.